The summed E-state index contributed by atoms with van der Waals surface area (Å²) in [6.07, 6.45) is 0. The summed E-state index contributed by atoms with van der Waals surface area (Å²) < 4.78 is 0. The van der Waals surface area contributed by atoms with E-state index in [4.69, 9.17) is 11.6 Å². The molecule has 1 atom stereocenters. The van der Waals surface area contributed by atoms with Crippen molar-refractivity contribution in [2.75, 3.05) is 6.61 Å². The van der Waals surface area contributed by atoms with E-state index >= 15 is 0 Å². The molecule has 5 heteroatoms. The lowest BCUT2D eigenvalue weighted by molar-refractivity contribution is 0.0916. The second-order valence-corrected chi connectivity index (χ2v) is 4.69. The fourth-order valence-electron chi connectivity index (χ4n) is 1.81. The number of aliphatic hydroxyl groups is 1. The number of phenols is 1. The molecule has 0 aliphatic heterocycles. The van der Waals surface area contributed by atoms with Crippen molar-refractivity contribution in [3.63, 3.8) is 0 Å². The molecule has 4 nitrogen and oxygen atoms in total. The molecular weight excluding hydrogens is 278 g/mol. The minimum absolute atomic E-state index is 0.0787. The maximum atomic E-state index is 12.1. The first-order valence-electron chi connectivity index (χ1n) is 6.07. The molecular formula is C15H14ClNO3. The Labute approximate surface area is 121 Å². The Hall–Kier alpha value is -2.04. The first-order valence-corrected chi connectivity index (χ1v) is 6.45. The van der Waals surface area contributed by atoms with Gasteiger partial charge in [0.05, 0.1) is 17.7 Å². The number of carbonyl (C=O) groups excluding carboxylic acids is 1. The van der Waals surface area contributed by atoms with Crippen LogP contribution in [0, 0.1) is 0 Å². The molecule has 1 amide bonds. The van der Waals surface area contributed by atoms with Crippen LogP contribution < -0.4 is 5.32 Å². The smallest absolute Gasteiger partial charge is 0.251 e. The number of hydrogen-bond donors (Lipinski definition) is 3. The van der Waals surface area contributed by atoms with Gasteiger partial charge < -0.3 is 15.5 Å². The van der Waals surface area contributed by atoms with E-state index in [0.29, 0.717) is 5.56 Å². The zero-order valence-corrected chi connectivity index (χ0v) is 11.3. The zero-order valence-electron chi connectivity index (χ0n) is 10.6. The Bertz CT molecular complexity index is 601. The van der Waals surface area contributed by atoms with Crippen LogP contribution in [0.5, 0.6) is 5.75 Å². The van der Waals surface area contributed by atoms with E-state index in [1.54, 1.807) is 0 Å². The van der Waals surface area contributed by atoms with Crippen molar-refractivity contribution in [1.29, 1.82) is 0 Å². The van der Waals surface area contributed by atoms with Gasteiger partial charge in [-0.3, -0.25) is 4.79 Å². The molecule has 0 aliphatic rings. The molecule has 2 rings (SSSR count). The largest absolute Gasteiger partial charge is 0.506 e. The third-order valence-electron chi connectivity index (χ3n) is 2.90. The Kier molecular flexibility index (Phi) is 4.61. The minimum atomic E-state index is -0.490. The van der Waals surface area contributed by atoms with E-state index < -0.39 is 6.04 Å². The topological polar surface area (TPSA) is 69.6 Å². The second-order valence-electron chi connectivity index (χ2n) is 4.29. The van der Waals surface area contributed by atoms with Gasteiger partial charge in [-0.25, -0.2) is 0 Å². The summed E-state index contributed by atoms with van der Waals surface area (Å²) in [5.74, 6) is -0.445. The van der Waals surface area contributed by atoms with Crippen LogP contribution in [0.2, 0.25) is 5.02 Å². The van der Waals surface area contributed by atoms with Crippen LogP contribution in [-0.2, 0) is 0 Å². The number of benzene rings is 2. The summed E-state index contributed by atoms with van der Waals surface area (Å²) in [7, 11) is 0. The Morgan fingerprint density at radius 2 is 1.90 bits per heavy atom. The molecule has 3 N–H and O–H groups in total. The fraction of sp³-hybridized carbons (Fsp3) is 0.133. The van der Waals surface area contributed by atoms with Crippen molar-refractivity contribution >= 4 is 17.5 Å². The van der Waals surface area contributed by atoms with E-state index in [0.717, 1.165) is 5.56 Å². The van der Waals surface area contributed by atoms with E-state index in [1.807, 2.05) is 30.3 Å². The monoisotopic (exact) mass is 291 g/mol. The van der Waals surface area contributed by atoms with Crippen LogP contribution in [0.3, 0.4) is 0 Å². The number of aliphatic hydroxyl groups excluding tert-OH is 1. The lowest BCUT2D eigenvalue weighted by atomic mass is 10.1. The van der Waals surface area contributed by atoms with Crippen molar-refractivity contribution in [3.05, 3.63) is 64.7 Å². The van der Waals surface area contributed by atoms with E-state index in [-0.39, 0.29) is 23.3 Å². The molecule has 0 aliphatic carbocycles. The number of aromatic hydroxyl groups is 1. The van der Waals surface area contributed by atoms with Gasteiger partial charge in [-0.05, 0) is 23.8 Å². The van der Waals surface area contributed by atoms with Gasteiger partial charge in [0.25, 0.3) is 5.91 Å². The number of rotatable bonds is 4. The van der Waals surface area contributed by atoms with Gasteiger partial charge in [-0.2, -0.15) is 0 Å². The first kappa shape index (κ1) is 14.4. The highest BCUT2D eigenvalue weighted by atomic mass is 35.5. The molecule has 0 bridgehead atoms. The Morgan fingerprint density at radius 1 is 1.20 bits per heavy atom. The standard InChI is InChI=1S/C15H14ClNO3/c16-12-8-11(6-7-14(12)19)15(20)17-13(9-18)10-4-2-1-3-5-10/h1-8,13,18-19H,9H2,(H,17,20)/t13-/m1/s1. The third kappa shape index (κ3) is 3.29. The molecule has 0 fully saturated rings. The Balaban J connectivity index is 2.15. The average Bonchev–Trinajstić information content (AvgIpc) is 2.48. The predicted octanol–water partition coefficient (Wildman–Crippen LogP) is 2.51. The van der Waals surface area contributed by atoms with Crippen LogP contribution in [0.25, 0.3) is 0 Å². The maximum Gasteiger partial charge on any atom is 0.251 e. The summed E-state index contributed by atoms with van der Waals surface area (Å²) >= 11 is 5.77. The van der Waals surface area contributed by atoms with Gasteiger partial charge >= 0.3 is 0 Å². The van der Waals surface area contributed by atoms with Gasteiger partial charge in [0, 0.05) is 5.56 Å². The SMILES string of the molecule is O=C(N[C@H](CO)c1ccccc1)c1ccc(O)c(Cl)c1. The van der Waals surface area contributed by atoms with Crippen molar-refractivity contribution in [1.82, 2.24) is 5.32 Å². The highest BCUT2D eigenvalue weighted by Crippen LogP contribution is 2.24. The lowest BCUT2D eigenvalue weighted by Crippen LogP contribution is -2.30. The van der Waals surface area contributed by atoms with Crippen molar-refractivity contribution in [2.24, 2.45) is 0 Å². The maximum absolute atomic E-state index is 12.1. The highest BCUT2D eigenvalue weighted by molar-refractivity contribution is 6.32. The number of amides is 1. The third-order valence-corrected chi connectivity index (χ3v) is 3.20. The van der Waals surface area contributed by atoms with E-state index in [9.17, 15) is 15.0 Å². The zero-order chi connectivity index (χ0) is 14.5. The molecule has 104 valence electrons. The summed E-state index contributed by atoms with van der Waals surface area (Å²) in [5, 5.41) is 21.5. The van der Waals surface area contributed by atoms with Crippen LogP contribution in [0.4, 0.5) is 0 Å². The van der Waals surface area contributed by atoms with Crippen LogP contribution in [0.1, 0.15) is 22.0 Å². The predicted molar refractivity (Wildman–Crippen MR) is 76.9 cm³/mol. The normalized spacial score (nSPS) is 11.9. The molecule has 0 radical (unpaired) electrons. The molecule has 0 unspecified atom stereocenters. The summed E-state index contributed by atoms with van der Waals surface area (Å²) in [6, 6.07) is 12.9. The summed E-state index contributed by atoms with van der Waals surface area (Å²) in [6.45, 7) is -0.207. The molecule has 0 heterocycles. The van der Waals surface area contributed by atoms with Crippen molar-refractivity contribution in [2.45, 2.75) is 6.04 Å². The number of phenolic OH excluding ortho intramolecular Hbond substituents is 1. The summed E-state index contributed by atoms with van der Waals surface area (Å²) in [4.78, 5) is 12.1. The molecule has 0 spiro atoms. The number of nitrogens with one attached hydrogen (secondary N) is 1. The van der Waals surface area contributed by atoms with Gasteiger partial charge in [0.2, 0.25) is 0 Å². The van der Waals surface area contributed by atoms with Gasteiger partial charge in [-0.15, -0.1) is 0 Å². The minimum Gasteiger partial charge on any atom is -0.506 e. The number of carbonyl (C=O) groups is 1. The van der Waals surface area contributed by atoms with Crippen LogP contribution in [0.15, 0.2) is 48.5 Å². The molecule has 2 aromatic carbocycles. The second kappa shape index (κ2) is 6.41. The van der Waals surface area contributed by atoms with Gasteiger partial charge in [0.1, 0.15) is 5.75 Å². The number of hydrogen-bond acceptors (Lipinski definition) is 3. The lowest BCUT2D eigenvalue weighted by Gasteiger charge is -2.16. The van der Waals surface area contributed by atoms with E-state index in [1.165, 1.54) is 18.2 Å². The summed E-state index contributed by atoms with van der Waals surface area (Å²) in [5.41, 5.74) is 1.13. The van der Waals surface area contributed by atoms with Gasteiger partial charge in [-0.1, -0.05) is 41.9 Å². The molecule has 20 heavy (non-hydrogen) atoms. The molecule has 0 saturated carbocycles. The van der Waals surface area contributed by atoms with Crippen LogP contribution in [-0.4, -0.2) is 22.7 Å². The molecule has 0 saturated heterocycles. The van der Waals surface area contributed by atoms with E-state index in [2.05, 4.69) is 5.32 Å². The first-order chi connectivity index (χ1) is 9.61. The average molecular weight is 292 g/mol. The van der Waals surface area contributed by atoms with Gasteiger partial charge in [0.15, 0.2) is 0 Å². The number of halogens is 1. The van der Waals surface area contributed by atoms with Crippen molar-refractivity contribution in [3.8, 4) is 5.75 Å². The Morgan fingerprint density at radius 3 is 2.50 bits per heavy atom. The fourth-order valence-corrected chi connectivity index (χ4v) is 1.99. The molecule has 0 aromatic heterocycles. The quantitative estimate of drug-likeness (QED) is 0.811. The highest BCUT2D eigenvalue weighted by Gasteiger charge is 2.15. The van der Waals surface area contributed by atoms with Crippen molar-refractivity contribution < 1.29 is 15.0 Å². The van der Waals surface area contributed by atoms with Crippen LogP contribution >= 0.6 is 11.6 Å². The molecule has 2 aromatic rings.